The lowest BCUT2D eigenvalue weighted by atomic mass is 9.84. The van der Waals surface area contributed by atoms with Crippen LogP contribution in [0.25, 0.3) is 0 Å². The average molecular weight is 763 g/mol. The molecule has 0 aromatic heterocycles. The van der Waals surface area contributed by atoms with Crippen molar-refractivity contribution in [3.8, 4) is 0 Å². The second kappa shape index (κ2) is 11.6. The number of nitrogens with zero attached hydrogens (tertiary/aromatic N) is 1. The summed E-state index contributed by atoms with van der Waals surface area (Å²) >= 11 is 0. The van der Waals surface area contributed by atoms with E-state index in [0.29, 0.717) is 0 Å². The number of likely N-dealkylation sites (N-methyl/N-ethyl adjacent to an activating group) is 1. The van der Waals surface area contributed by atoms with Crippen molar-refractivity contribution < 1.29 is 124 Å². The lowest BCUT2D eigenvalue weighted by molar-refractivity contribution is -0.885. The molecule has 0 aliphatic rings. The van der Waals surface area contributed by atoms with E-state index in [-0.39, 0.29) is 0 Å². The maximum atomic E-state index is 13.9. The van der Waals surface area contributed by atoms with E-state index in [4.69, 9.17) is 0 Å². The molecule has 3 nitrogen and oxygen atoms in total. The summed E-state index contributed by atoms with van der Waals surface area (Å²) < 4.78 is 335. The van der Waals surface area contributed by atoms with Crippen LogP contribution in [0, 0.1) is 0 Å². The molecule has 0 saturated carbocycles. The first kappa shape index (κ1) is 44.7. The van der Waals surface area contributed by atoms with Crippen LogP contribution < -0.4 is 5.11 Å². The number of carboxylic acids is 1. The lowest BCUT2D eigenvalue weighted by Gasteiger charge is -2.45. The Hall–Kier alpha value is -2.32. The van der Waals surface area contributed by atoms with Crippen molar-refractivity contribution in [2.24, 2.45) is 0 Å². The van der Waals surface area contributed by atoms with Crippen LogP contribution in [0.2, 0.25) is 0 Å². The topological polar surface area (TPSA) is 40.1 Å². The molecule has 0 spiro atoms. The van der Waals surface area contributed by atoms with E-state index in [0.717, 1.165) is 14.1 Å². The minimum Gasteiger partial charge on any atom is -0.544 e. The molecule has 0 aliphatic heterocycles. The summed E-state index contributed by atoms with van der Waals surface area (Å²) in [7, 11) is 1.58. The number of hydrogen-bond donors (Lipinski definition) is 0. The monoisotopic (exact) mass is 763 g/mol. The third kappa shape index (κ3) is 6.31. The molecule has 0 bridgehead atoms. The zero-order chi connectivity index (χ0) is 38.9. The molecular weight excluding hydrogens is 749 g/mol. The van der Waals surface area contributed by atoms with Gasteiger partial charge in [-0.05, 0) is 0 Å². The van der Waals surface area contributed by atoms with Crippen LogP contribution in [0.1, 0.15) is 12.8 Å². The maximum absolute atomic E-state index is 13.9. The number of aliphatic carboxylic acids is 1. The Bertz CT molecular complexity index is 1140. The van der Waals surface area contributed by atoms with Gasteiger partial charge in [-0.25, -0.2) is 0 Å². The van der Waals surface area contributed by atoms with Gasteiger partial charge in [-0.1, -0.05) is 0 Å². The quantitative estimate of drug-likeness (QED) is 0.124. The molecule has 0 saturated heterocycles. The van der Waals surface area contributed by atoms with Crippen molar-refractivity contribution in [3.05, 3.63) is 0 Å². The largest absolute Gasteiger partial charge is 0.544 e. The molecule has 0 radical (unpaired) electrons. The summed E-state index contributed by atoms with van der Waals surface area (Å²) in [6.45, 7) is -2.28. The maximum Gasteiger partial charge on any atom is 0.460 e. The Balaban J connectivity index is 7.03. The fourth-order valence-electron chi connectivity index (χ4n) is 3.30. The van der Waals surface area contributed by atoms with E-state index in [1.54, 1.807) is 0 Å². The van der Waals surface area contributed by atoms with Crippen LogP contribution in [0.15, 0.2) is 0 Å². The highest BCUT2D eigenvalue weighted by molar-refractivity contribution is 5.65. The van der Waals surface area contributed by atoms with E-state index in [2.05, 4.69) is 0 Å². The molecule has 0 aromatic carbocycles. The number of carbonyl (C=O) groups is 1. The molecule has 0 amide bonds. The van der Waals surface area contributed by atoms with E-state index in [1.165, 1.54) is 0 Å². The molecule has 0 fully saturated rings. The van der Waals surface area contributed by atoms with Crippen molar-refractivity contribution in [2.75, 3.05) is 27.2 Å². The molecule has 0 atom stereocenters. The Kier molecular flexibility index (Phi) is 11.1. The van der Waals surface area contributed by atoms with Crippen LogP contribution >= 0.6 is 0 Å². The van der Waals surface area contributed by atoms with Crippen LogP contribution in [0.4, 0.5) is 110 Å². The first-order valence-electron chi connectivity index (χ1n) is 11.1. The zero-order valence-corrected chi connectivity index (χ0v) is 22.0. The van der Waals surface area contributed by atoms with Crippen molar-refractivity contribution in [1.82, 2.24) is 0 Å². The summed E-state index contributed by atoms with van der Waals surface area (Å²) in [6, 6.07) is 0. The summed E-state index contributed by atoms with van der Waals surface area (Å²) in [5.74, 6) is -101. The molecule has 0 rings (SSSR count). The summed E-state index contributed by atoms with van der Waals surface area (Å²) in [5, 5.41) is 10.5. The fraction of sp³-hybridized carbons (Fsp3) is 0.947. The Labute approximate surface area is 242 Å². The Morgan fingerprint density at radius 1 is 0.447 bits per heavy atom. The van der Waals surface area contributed by atoms with Gasteiger partial charge < -0.3 is 14.4 Å². The van der Waals surface area contributed by atoms with Gasteiger partial charge in [0.2, 0.25) is 0 Å². The number of quaternary nitrogens is 1. The minimum absolute atomic E-state index is 0.789. The van der Waals surface area contributed by atoms with Crippen LogP contribution in [0.3, 0.4) is 0 Å². The first-order valence-corrected chi connectivity index (χ1v) is 11.1. The van der Waals surface area contributed by atoms with Gasteiger partial charge in [0.05, 0.1) is 26.6 Å². The van der Waals surface area contributed by atoms with Gasteiger partial charge in [0.1, 0.15) is 6.54 Å². The Morgan fingerprint density at radius 3 is 0.915 bits per heavy atom. The van der Waals surface area contributed by atoms with Crippen molar-refractivity contribution in [3.63, 3.8) is 0 Å². The van der Waals surface area contributed by atoms with Crippen LogP contribution in [-0.2, 0) is 4.79 Å². The van der Waals surface area contributed by atoms with E-state index in [1.807, 2.05) is 0 Å². The van der Waals surface area contributed by atoms with E-state index < -0.39 is 108 Å². The summed E-state index contributed by atoms with van der Waals surface area (Å²) in [4.78, 5) is 10.5. The predicted molar refractivity (Wildman–Crippen MR) is 96.6 cm³/mol. The molecule has 0 unspecified atom stereocenters. The SMILES string of the molecule is C[N+](C)(CCCC(F)(F)C(F)(F)C(F)(F)C(F)(F)C(F)(F)C(F)(F)C(F)(F)C(F)(F)C(F)(F)C(F)(F)C(F)(F)C(F)(F)F)CC(=O)[O-]. The molecule has 28 heteroatoms. The van der Waals surface area contributed by atoms with Crippen LogP contribution in [0.5, 0.6) is 0 Å². The van der Waals surface area contributed by atoms with Crippen molar-refractivity contribution in [2.45, 2.75) is 84.2 Å². The average Bonchev–Trinajstić information content (AvgIpc) is 2.80. The van der Waals surface area contributed by atoms with Gasteiger partial charge >= 0.3 is 71.3 Å². The van der Waals surface area contributed by atoms with Crippen LogP contribution in [-0.4, -0.2) is 109 Å². The molecule has 0 aromatic rings. The second-order valence-corrected chi connectivity index (χ2v) is 10.2. The number of carboxylic acid groups (broad SMARTS) is 1. The summed E-state index contributed by atoms with van der Waals surface area (Å²) in [5.41, 5.74) is 0. The number of hydrogen-bond acceptors (Lipinski definition) is 2. The zero-order valence-electron chi connectivity index (χ0n) is 22.0. The van der Waals surface area contributed by atoms with Gasteiger partial charge in [-0.3, -0.25) is 0 Å². The Morgan fingerprint density at radius 2 is 0.681 bits per heavy atom. The highest BCUT2D eigenvalue weighted by Crippen LogP contribution is 2.67. The molecule has 47 heavy (non-hydrogen) atoms. The van der Waals surface area contributed by atoms with E-state index in [9.17, 15) is 120 Å². The van der Waals surface area contributed by atoms with Crippen molar-refractivity contribution in [1.29, 1.82) is 0 Å². The van der Waals surface area contributed by atoms with E-state index >= 15 is 0 Å². The normalized spacial score (nSPS) is 16.5. The lowest BCUT2D eigenvalue weighted by Crippen LogP contribution is -2.78. The molecule has 0 heterocycles. The smallest absolute Gasteiger partial charge is 0.460 e. The first-order chi connectivity index (χ1) is 19.9. The minimum atomic E-state index is -9.63. The number of halogens is 25. The molecule has 282 valence electrons. The third-order valence-electron chi connectivity index (χ3n) is 6.18. The third-order valence-corrected chi connectivity index (χ3v) is 6.18. The summed E-state index contributed by atoms with van der Waals surface area (Å²) in [6.07, 6.45) is -12.8. The van der Waals surface area contributed by atoms with Gasteiger partial charge in [0, 0.05) is 12.8 Å². The fourth-order valence-corrected chi connectivity index (χ4v) is 3.30. The number of alkyl halides is 25. The second-order valence-electron chi connectivity index (χ2n) is 10.2. The van der Waals surface area contributed by atoms with Gasteiger partial charge in [-0.15, -0.1) is 0 Å². The molecule has 0 aliphatic carbocycles. The standard InChI is InChI=1S/C19H14F25NO2/c1-45(2,6-7(46)47)5-3-4-8(20,21)9(22,23)10(24,25)11(26,27)12(28,29)13(30,31)14(32,33)15(34,35)16(36,37)17(38,39)18(40,41)19(42,43)44/h3-6H2,1-2H3. The molecular formula is C19H14F25NO2. The van der Waals surface area contributed by atoms with Gasteiger partial charge in [-0.2, -0.15) is 110 Å². The molecule has 0 N–H and O–H groups in total. The number of rotatable bonds is 16. The predicted octanol–water partition coefficient (Wildman–Crippen LogP) is 7.14. The van der Waals surface area contributed by atoms with Crippen molar-refractivity contribution >= 4 is 5.97 Å². The highest BCUT2D eigenvalue weighted by Gasteiger charge is 2.99. The highest BCUT2D eigenvalue weighted by atomic mass is 19.4. The van der Waals surface area contributed by atoms with Gasteiger partial charge in [0.25, 0.3) is 0 Å². The number of carbonyl (C=O) groups excluding carboxylic acids is 1. The van der Waals surface area contributed by atoms with Gasteiger partial charge in [0.15, 0.2) is 0 Å².